The molecule has 1 rings (SSSR count). The van der Waals surface area contributed by atoms with Gasteiger partial charge in [-0.15, -0.1) is 0 Å². The topological polar surface area (TPSA) is 41.1 Å². The first-order valence-corrected chi connectivity index (χ1v) is 7.68. The van der Waals surface area contributed by atoms with Gasteiger partial charge in [-0.1, -0.05) is 39.5 Å². The molecular formula is C15H30N2O. The van der Waals surface area contributed by atoms with E-state index in [1.54, 1.807) is 0 Å². The Balaban J connectivity index is 1.92. The Morgan fingerprint density at radius 2 is 2.06 bits per heavy atom. The summed E-state index contributed by atoms with van der Waals surface area (Å²) < 4.78 is 0. The number of piperidine rings is 1. The van der Waals surface area contributed by atoms with Crippen LogP contribution >= 0.6 is 0 Å². The highest BCUT2D eigenvalue weighted by Gasteiger charge is 2.19. The van der Waals surface area contributed by atoms with Crippen LogP contribution in [0.1, 0.15) is 58.8 Å². The molecule has 0 spiro atoms. The molecule has 3 nitrogen and oxygen atoms in total. The van der Waals surface area contributed by atoms with Crippen LogP contribution in [0.15, 0.2) is 0 Å². The van der Waals surface area contributed by atoms with Crippen molar-refractivity contribution in [3.63, 3.8) is 0 Å². The van der Waals surface area contributed by atoms with Crippen molar-refractivity contribution in [2.75, 3.05) is 19.6 Å². The summed E-state index contributed by atoms with van der Waals surface area (Å²) in [6, 6.07) is 0. The molecule has 1 unspecified atom stereocenters. The molecule has 1 aliphatic rings. The predicted molar refractivity (Wildman–Crippen MR) is 76.5 cm³/mol. The van der Waals surface area contributed by atoms with Gasteiger partial charge in [0.1, 0.15) is 0 Å². The fourth-order valence-corrected chi connectivity index (χ4v) is 2.46. The van der Waals surface area contributed by atoms with E-state index in [1.807, 2.05) is 0 Å². The maximum Gasteiger partial charge on any atom is 0.224 e. The van der Waals surface area contributed by atoms with Gasteiger partial charge in [0, 0.05) is 13.1 Å². The Hall–Kier alpha value is -0.570. The van der Waals surface area contributed by atoms with Gasteiger partial charge >= 0.3 is 0 Å². The third kappa shape index (κ3) is 7.00. The van der Waals surface area contributed by atoms with Gasteiger partial charge < -0.3 is 10.6 Å². The van der Waals surface area contributed by atoms with Crippen LogP contribution in [-0.2, 0) is 4.79 Å². The van der Waals surface area contributed by atoms with Gasteiger partial charge in [0.15, 0.2) is 0 Å². The Morgan fingerprint density at radius 1 is 1.28 bits per heavy atom. The minimum absolute atomic E-state index is 0.208. The first-order valence-electron chi connectivity index (χ1n) is 7.68. The quantitative estimate of drug-likeness (QED) is 0.654. The zero-order valence-electron chi connectivity index (χ0n) is 12.1. The summed E-state index contributed by atoms with van der Waals surface area (Å²) in [6.45, 7) is 7.34. The van der Waals surface area contributed by atoms with E-state index in [1.165, 1.54) is 25.7 Å². The number of nitrogens with one attached hydrogen (secondary N) is 2. The van der Waals surface area contributed by atoms with E-state index in [2.05, 4.69) is 24.5 Å². The lowest BCUT2D eigenvalue weighted by atomic mass is 9.99. The number of hydrogen-bond donors (Lipinski definition) is 2. The van der Waals surface area contributed by atoms with E-state index in [0.717, 1.165) is 44.8 Å². The second-order valence-electron chi connectivity index (χ2n) is 5.93. The molecule has 0 aromatic heterocycles. The molecule has 2 N–H and O–H groups in total. The van der Waals surface area contributed by atoms with Gasteiger partial charge in [-0.05, 0) is 31.7 Å². The van der Waals surface area contributed by atoms with Crippen molar-refractivity contribution in [1.29, 1.82) is 0 Å². The van der Waals surface area contributed by atoms with Crippen molar-refractivity contribution < 1.29 is 4.79 Å². The number of carbonyl (C=O) groups is 1. The minimum Gasteiger partial charge on any atom is -0.356 e. The summed E-state index contributed by atoms with van der Waals surface area (Å²) in [4.78, 5) is 11.8. The molecule has 18 heavy (non-hydrogen) atoms. The van der Waals surface area contributed by atoms with Crippen molar-refractivity contribution in [1.82, 2.24) is 10.6 Å². The van der Waals surface area contributed by atoms with Crippen molar-refractivity contribution in [2.45, 2.75) is 58.8 Å². The van der Waals surface area contributed by atoms with E-state index in [-0.39, 0.29) is 11.8 Å². The molecule has 1 saturated heterocycles. The monoisotopic (exact) mass is 254 g/mol. The molecule has 1 heterocycles. The Kier molecular flexibility index (Phi) is 8.06. The minimum atomic E-state index is 0.208. The lowest BCUT2D eigenvalue weighted by Crippen LogP contribution is -2.40. The standard InChI is InChI=1S/C15H30N2O/c1-13(2)8-5-3-4-6-11-17-15(18)14-9-7-10-16-12-14/h13-14,16H,3-12H2,1-2H3,(H,17,18). The van der Waals surface area contributed by atoms with Crippen LogP contribution in [0.4, 0.5) is 0 Å². The van der Waals surface area contributed by atoms with E-state index in [9.17, 15) is 4.79 Å². The average molecular weight is 254 g/mol. The smallest absolute Gasteiger partial charge is 0.224 e. The third-order valence-corrected chi connectivity index (χ3v) is 3.68. The van der Waals surface area contributed by atoms with Crippen LogP contribution in [0, 0.1) is 11.8 Å². The third-order valence-electron chi connectivity index (χ3n) is 3.68. The van der Waals surface area contributed by atoms with Crippen LogP contribution in [-0.4, -0.2) is 25.5 Å². The Bertz CT molecular complexity index is 223. The van der Waals surface area contributed by atoms with E-state index in [0.29, 0.717) is 0 Å². The van der Waals surface area contributed by atoms with Gasteiger partial charge in [-0.3, -0.25) is 4.79 Å². The van der Waals surface area contributed by atoms with Gasteiger partial charge in [0.25, 0.3) is 0 Å². The summed E-state index contributed by atoms with van der Waals surface area (Å²) in [5.74, 6) is 1.28. The molecule has 0 bridgehead atoms. The fraction of sp³-hybridized carbons (Fsp3) is 0.933. The van der Waals surface area contributed by atoms with Gasteiger partial charge in [-0.25, -0.2) is 0 Å². The molecule has 1 fully saturated rings. The second-order valence-corrected chi connectivity index (χ2v) is 5.93. The molecule has 0 aromatic carbocycles. The summed E-state index contributed by atoms with van der Waals surface area (Å²) in [5, 5.41) is 6.36. The highest BCUT2D eigenvalue weighted by Crippen LogP contribution is 2.11. The van der Waals surface area contributed by atoms with E-state index >= 15 is 0 Å². The molecule has 0 radical (unpaired) electrons. The highest BCUT2D eigenvalue weighted by atomic mass is 16.1. The highest BCUT2D eigenvalue weighted by molar-refractivity contribution is 5.78. The summed E-state index contributed by atoms with van der Waals surface area (Å²) in [5.41, 5.74) is 0. The molecule has 106 valence electrons. The first-order chi connectivity index (χ1) is 8.70. The zero-order chi connectivity index (χ0) is 13.2. The number of hydrogen-bond acceptors (Lipinski definition) is 2. The normalized spacial score (nSPS) is 20.1. The van der Waals surface area contributed by atoms with Crippen LogP contribution in [0.2, 0.25) is 0 Å². The Labute approximate surface area is 112 Å². The van der Waals surface area contributed by atoms with Crippen molar-refractivity contribution in [3.8, 4) is 0 Å². The molecule has 0 aliphatic carbocycles. The van der Waals surface area contributed by atoms with Crippen molar-refractivity contribution in [2.24, 2.45) is 11.8 Å². The molecule has 3 heteroatoms. The van der Waals surface area contributed by atoms with E-state index in [4.69, 9.17) is 0 Å². The fourth-order valence-electron chi connectivity index (χ4n) is 2.46. The number of unbranched alkanes of at least 4 members (excludes halogenated alkanes) is 3. The second kappa shape index (κ2) is 9.37. The lowest BCUT2D eigenvalue weighted by Gasteiger charge is -2.21. The molecule has 0 saturated carbocycles. The average Bonchev–Trinajstić information content (AvgIpc) is 2.38. The maximum atomic E-state index is 11.8. The van der Waals surface area contributed by atoms with Gasteiger partial charge in [0.2, 0.25) is 5.91 Å². The summed E-state index contributed by atoms with van der Waals surface area (Å²) >= 11 is 0. The number of amides is 1. The van der Waals surface area contributed by atoms with Crippen molar-refractivity contribution in [3.05, 3.63) is 0 Å². The number of rotatable bonds is 8. The van der Waals surface area contributed by atoms with Crippen LogP contribution < -0.4 is 10.6 Å². The first kappa shape index (κ1) is 15.5. The molecule has 1 aliphatic heterocycles. The van der Waals surface area contributed by atoms with Gasteiger partial charge in [0.05, 0.1) is 5.92 Å². The van der Waals surface area contributed by atoms with Crippen molar-refractivity contribution >= 4 is 5.91 Å². The van der Waals surface area contributed by atoms with Crippen LogP contribution in [0.25, 0.3) is 0 Å². The molecule has 0 aromatic rings. The summed E-state index contributed by atoms with van der Waals surface area (Å²) in [7, 11) is 0. The largest absolute Gasteiger partial charge is 0.356 e. The van der Waals surface area contributed by atoms with E-state index < -0.39 is 0 Å². The van der Waals surface area contributed by atoms with Crippen LogP contribution in [0.3, 0.4) is 0 Å². The predicted octanol–water partition coefficient (Wildman–Crippen LogP) is 2.71. The lowest BCUT2D eigenvalue weighted by molar-refractivity contribution is -0.125. The summed E-state index contributed by atoms with van der Waals surface area (Å²) in [6.07, 6.45) is 8.53. The SMILES string of the molecule is CC(C)CCCCCCNC(=O)C1CCCNC1. The van der Waals surface area contributed by atoms with Crippen LogP contribution in [0.5, 0.6) is 0 Å². The molecular weight excluding hydrogens is 224 g/mol. The Morgan fingerprint density at radius 3 is 2.72 bits per heavy atom. The molecule has 1 atom stereocenters. The zero-order valence-corrected chi connectivity index (χ0v) is 12.1. The van der Waals surface area contributed by atoms with Gasteiger partial charge in [-0.2, -0.15) is 0 Å². The maximum absolute atomic E-state index is 11.8. The number of carbonyl (C=O) groups excluding carboxylic acids is 1. The molecule has 1 amide bonds.